The largest absolute Gasteiger partial charge is 0.373 e. The summed E-state index contributed by atoms with van der Waals surface area (Å²) in [5.41, 5.74) is 3.43. The van der Waals surface area contributed by atoms with Crippen molar-refractivity contribution in [3.8, 4) is 0 Å². The lowest BCUT2D eigenvalue weighted by Crippen LogP contribution is -2.38. The minimum Gasteiger partial charge on any atom is -0.373 e. The first-order chi connectivity index (χ1) is 12.8. The van der Waals surface area contributed by atoms with Crippen LogP contribution in [0.2, 0.25) is 0 Å². The lowest BCUT2D eigenvalue weighted by Gasteiger charge is -2.34. The van der Waals surface area contributed by atoms with E-state index in [-0.39, 0.29) is 6.04 Å². The Morgan fingerprint density at radius 3 is 3.04 bits per heavy atom. The lowest BCUT2D eigenvalue weighted by molar-refractivity contribution is 0.0573. The molecule has 1 atom stereocenters. The predicted molar refractivity (Wildman–Crippen MR) is 97.2 cm³/mol. The van der Waals surface area contributed by atoms with Crippen molar-refractivity contribution >= 4 is 0 Å². The van der Waals surface area contributed by atoms with Crippen molar-refractivity contribution in [1.82, 2.24) is 29.2 Å². The van der Waals surface area contributed by atoms with Crippen LogP contribution in [0.5, 0.6) is 0 Å². The average molecular weight is 352 g/mol. The van der Waals surface area contributed by atoms with E-state index in [0.29, 0.717) is 13.2 Å². The number of pyridine rings is 1. The van der Waals surface area contributed by atoms with Gasteiger partial charge in [0.2, 0.25) is 0 Å². The highest BCUT2D eigenvalue weighted by atomic mass is 16.5. The van der Waals surface area contributed by atoms with Crippen molar-refractivity contribution in [2.45, 2.75) is 39.2 Å². The summed E-state index contributed by atoms with van der Waals surface area (Å²) in [5.74, 6) is 0. The molecule has 7 heteroatoms. The number of aryl methyl sites for hydroxylation is 1. The van der Waals surface area contributed by atoms with E-state index in [1.54, 1.807) is 6.20 Å². The van der Waals surface area contributed by atoms with Crippen molar-refractivity contribution in [2.75, 3.05) is 13.2 Å². The van der Waals surface area contributed by atoms with Crippen LogP contribution in [0.1, 0.15) is 29.9 Å². The van der Waals surface area contributed by atoms with E-state index in [0.717, 1.165) is 31.9 Å². The minimum atomic E-state index is 0.256. The van der Waals surface area contributed by atoms with Crippen LogP contribution in [-0.2, 0) is 31.0 Å². The number of ether oxygens (including phenoxy) is 1. The third-order valence-electron chi connectivity index (χ3n) is 4.70. The van der Waals surface area contributed by atoms with Gasteiger partial charge in [-0.2, -0.15) is 5.10 Å². The van der Waals surface area contributed by atoms with Gasteiger partial charge < -0.3 is 9.30 Å². The number of imidazole rings is 1. The minimum absolute atomic E-state index is 0.256. The Hall–Kier alpha value is -2.51. The van der Waals surface area contributed by atoms with Crippen molar-refractivity contribution < 1.29 is 4.74 Å². The van der Waals surface area contributed by atoms with Crippen molar-refractivity contribution in [2.24, 2.45) is 0 Å². The van der Waals surface area contributed by atoms with Gasteiger partial charge in [0.1, 0.15) is 0 Å². The van der Waals surface area contributed by atoms with E-state index in [2.05, 4.69) is 37.7 Å². The molecular weight excluding hydrogens is 328 g/mol. The van der Waals surface area contributed by atoms with Crippen LogP contribution in [0.4, 0.5) is 0 Å². The Kier molecular flexibility index (Phi) is 5.08. The third kappa shape index (κ3) is 3.84. The molecule has 1 aliphatic rings. The van der Waals surface area contributed by atoms with Gasteiger partial charge in [-0.1, -0.05) is 6.07 Å². The third-order valence-corrected chi connectivity index (χ3v) is 4.70. The molecule has 3 aromatic rings. The highest BCUT2D eigenvalue weighted by Gasteiger charge is 2.25. The van der Waals surface area contributed by atoms with Gasteiger partial charge in [-0.05, 0) is 19.1 Å². The average Bonchev–Trinajstić information content (AvgIpc) is 3.32. The summed E-state index contributed by atoms with van der Waals surface area (Å²) in [6.45, 7) is 6.90. The van der Waals surface area contributed by atoms with Crippen LogP contribution in [-0.4, -0.2) is 42.4 Å². The Labute approximate surface area is 153 Å². The van der Waals surface area contributed by atoms with Crippen molar-refractivity contribution in [3.05, 3.63) is 66.3 Å². The van der Waals surface area contributed by atoms with E-state index in [4.69, 9.17) is 4.74 Å². The normalized spacial score (nSPS) is 17.3. The van der Waals surface area contributed by atoms with Gasteiger partial charge in [0.25, 0.3) is 0 Å². The molecule has 0 saturated heterocycles. The maximum atomic E-state index is 5.95. The lowest BCUT2D eigenvalue weighted by atomic mass is 10.2. The fraction of sp³-hybridized carbons (Fsp3) is 0.421. The summed E-state index contributed by atoms with van der Waals surface area (Å²) < 4.78 is 10.2. The first-order valence-electron chi connectivity index (χ1n) is 9.04. The molecule has 0 unspecified atom stereocenters. The highest BCUT2D eigenvalue weighted by Crippen LogP contribution is 2.23. The maximum absolute atomic E-state index is 5.95. The summed E-state index contributed by atoms with van der Waals surface area (Å²) in [6.07, 6.45) is 9.75. The molecule has 4 rings (SSSR count). The summed E-state index contributed by atoms with van der Waals surface area (Å²) in [4.78, 5) is 11.1. The fourth-order valence-electron chi connectivity index (χ4n) is 3.42. The molecular formula is C19H24N6O. The first-order valence-corrected chi connectivity index (χ1v) is 9.04. The second-order valence-corrected chi connectivity index (χ2v) is 6.66. The van der Waals surface area contributed by atoms with Gasteiger partial charge in [0.05, 0.1) is 43.2 Å². The molecule has 4 heterocycles. The Morgan fingerprint density at radius 1 is 1.27 bits per heavy atom. The monoisotopic (exact) mass is 352 g/mol. The van der Waals surface area contributed by atoms with Gasteiger partial charge >= 0.3 is 0 Å². The molecule has 0 fully saturated rings. The quantitative estimate of drug-likeness (QED) is 0.653. The van der Waals surface area contributed by atoms with Crippen LogP contribution in [0.15, 0.2) is 49.3 Å². The highest BCUT2D eigenvalue weighted by molar-refractivity contribution is 5.08. The van der Waals surface area contributed by atoms with E-state index in [1.807, 2.05) is 41.6 Å². The molecule has 136 valence electrons. The first kappa shape index (κ1) is 16.9. The molecule has 0 N–H and O–H groups in total. The zero-order valence-corrected chi connectivity index (χ0v) is 15.0. The van der Waals surface area contributed by atoms with Crippen molar-refractivity contribution in [3.63, 3.8) is 0 Å². The van der Waals surface area contributed by atoms with E-state index in [1.165, 1.54) is 11.3 Å². The number of fused-ring (bicyclic) bond motifs is 1. The molecule has 0 bridgehead atoms. The summed E-state index contributed by atoms with van der Waals surface area (Å²) in [7, 11) is 0. The van der Waals surface area contributed by atoms with Crippen LogP contribution >= 0.6 is 0 Å². The van der Waals surface area contributed by atoms with Crippen LogP contribution in [0.3, 0.4) is 0 Å². The van der Waals surface area contributed by atoms with Gasteiger partial charge in [0, 0.05) is 50.3 Å². The van der Waals surface area contributed by atoms with E-state index in [9.17, 15) is 0 Å². The fourth-order valence-corrected chi connectivity index (χ4v) is 3.42. The van der Waals surface area contributed by atoms with Gasteiger partial charge in [-0.15, -0.1) is 0 Å². The second kappa shape index (κ2) is 7.80. The van der Waals surface area contributed by atoms with Crippen LogP contribution < -0.4 is 0 Å². The molecule has 0 aromatic carbocycles. The summed E-state index contributed by atoms with van der Waals surface area (Å²) in [6, 6.07) is 6.15. The van der Waals surface area contributed by atoms with E-state index >= 15 is 0 Å². The van der Waals surface area contributed by atoms with E-state index < -0.39 is 0 Å². The number of aromatic nitrogens is 5. The summed E-state index contributed by atoms with van der Waals surface area (Å²) >= 11 is 0. The molecule has 0 saturated carbocycles. The SMILES string of the molecule is CCn1cc(CN2Cc3cncn3[C@H](COCc3ccccn3)C2)cn1. The molecule has 0 aliphatic carbocycles. The standard InChI is InChI=1S/C19H24N6O/c1-2-24-10-16(7-22-24)9-23-11-18-8-20-15-25(18)19(12-23)14-26-13-17-5-3-4-6-21-17/h3-8,10,15,19H,2,9,11-14H2,1H3/t19-/m0/s1. The Balaban J connectivity index is 1.39. The molecule has 0 spiro atoms. The zero-order valence-electron chi connectivity index (χ0n) is 15.0. The van der Waals surface area contributed by atoms with Gasteiger partial charge in [0.15, 0.2) is 0 Å². The van der Waals surface area contributed by atoms with Crippen molar-refractivity contribution in [1.29, 1.82) is 0 Å². The van der Waals surface area contributed by atoms with Gasteiger partial charge in [-0.3, -0.25) is 14.6 Å². The maximum Gasteiger partial charge on any atom is 0.0952 e. The predicted octanol–water partition coefficient (Wildman–Crippen LogP) is 2.27. The molecule has 0 radical (unpaired) electrons. The topological polar surface area (TPSA) is 61.0 Å². The molecule has 3 aromatic heterocycles. The van der Waals surface area contributed by atoms with Gasteiger partial charge in [-0.25, -0.2) is 4.98 Å². The zero-order chi connectivity index (χ0) is 17.8. The molecule has 1 aliphatic heterocycles. The molecule has 0 amide bonds. The van der Waals surface area contributed by atoms with Crippen LogP contribution in [0, 0.1) is 0 Å². The number of rotatable bonds is 7. The van der Waals surface area contributed by atoms with Crippen LogP contribution in [0.25, 0.3) is 0 Å². The Morgan fingerprint density at radius 2 is 2.23 bits per heavy atom. The summed E-state index contributed by atoms with van der Waals surface area (Å²) in [5, 5.41) is 4.38. The molecule has 26 heavy (non-hydrogen) atoms. The smallest absolute Gasteiger partial charge is 0.0952 e. The number of nitrogens with zero attached hydrogens (tertiary/aromatic N) is 6. The second-order valence-electron chi connectivity index (χ2n) is 6.66. The Bertz CT molecular complexity index is 827. The molecule has 7 nitrogen and oxygen atoms in total. The number of hydrogen-bond acceptors (Lipinski definition) is 5. The number of hydrogen-bond donors (Lipinski definition) is 0.